The fraction of sp³-hybridized carbons (Fsp3) is 0.857. The molecule has 0 aliphatic carbocycles. The number of phosphoric acid groups is 1. The van der Waals surface area contributed by atoms with E-state index < -0.39 is 20.0 Å². The molecule has 0 aliphatic rings. The third kappa shape index (κ3) is 18.0. The summed E-state index contributed by atoms with van der Waals surface area (Å²) in [5, 5.41) is 12.6. The van der Waals surface area contributed by atoms with Crippen LogP contribution in [0.15, 0.2) is 12.2 Å². The van der Waals surface area contributed by atoms with Gasteiger partial charge in [0.25, 0.3) is 0 Å². The van der Waals surface area contributed by atoms with Gasteiger partial charge in [0.15, 0.2) is 0 Å². The molecule has 178 valence electrons. The van der Waals surface area contributed by atoms with Crippen LogP contribution in [-0.4, -0.2) is 48.3 Å². The molecule has 0 bridgehead atoms. The topological polar surface area (TPSA) is 131 Å². The van der Waals surface area contributed by atoms with Gasteiger partial charge in [-0.25, -0.2) is 4.57 Å². The minimum absolute atomic E-state index is 0.0777. The Morgan fingerprint density at radius 3 is 2.10 bits per heavy atom. The average Bonchev–Trinajstić information content (AvgIpc) is 2.72. The van der Waals surface area contributed by atoms with Crippen molar-refractivity contribution >= 4 is 14.2 Å². The molecule has 9 heteroatoms. The highest BCUT2D eigenvalue weighted by Gasteiger charge is 2.25. The van der Waals surface area contributed by atoms with E-state index in [1.165, 1.54) is 57.8 Å². The van der Waals surface area contributed by atoms with E-state index in [2.05, 4.69) is 16.8 Å². The maximum Gasteiger partial charge on any atom is 0.472 e. The van der Waals surface area contributed by atoms with Crippen LogP contribution in [0.3, 0.4) is 0 Å². The lowest BCUT2D eigenvalue weighted by atomic mass is 10.0. The van der Waals surface area contributed by atoms with Gasteiger partial charge in [0.2, 0.25) is 6.41 Å². The highest BCUT2D eigenvalue weighted by Crippen LogP contribution is 2.42. The fourth-order valence-electron chi connectivity index (χ4n) is 3.01. The largest absolute Gasteiger partial charge is 0.472 e. The van der Waals surface area contributed by atoms with Crippen molar-refractivity contribution in [3.8, 4) is 0 Å². The smallest absolute Gasteiger partial charge is 0.387 e. The van der Waals surface area contributed by atoms with Crippen LogP contribution < -0.4 is 11.1 Å². The van der Waals surface area contributed by atoms with E-state index in [1.54, 1.807) is 6.08 Å². The van der Waals surface area contributed by atoms with Gasteiger partial charge in [-0.05, 0) is 12.8 Å². The molecule has 0 aromatic rings. The number of unbranched alkanes of at least 4 members (excludes halogenated alkanes) is 11. The summed E-state index contributed by atoms with van der Waals surface area (Å²) in [4.78, 5) is 20.2. The first kappa shape index (κ1) is 29.2. The van der Waals surface area contributed by atoms with Gasteiger partial charge in [0.05, 0.1) is 25.4 Å². The number of hydrogen-bond acceptors (Lipinski definition) is 6. The first-order chi connectivity index (χ1) is 14.5. The van der Waals surface area contributed by atoms with Gasteiger partial charge < -0.3 is 21.1 Å². The molecule has 1 amide bonds. The van der Waals surface area contributed by atoms with Crippen molar-refractivity contribution in [2.75, 3.05) is 19.8 Å². The Kier molecular flexibility index (Phi) is 19.6. The number of nitrogens with one attached hydrogen (secondary N) is 1. The maximum atomic E-state index is 11.6. The zero-order valence-corrected chi connectivity index (χ0v) is 19.4. The van der Waals surface area contributed by atoms with Crippen molar-refractivity contribution in [2.45, 2.75) is 96.1 Å². The summed E-state index contributed by atoms with van der Waals surface area (Å²) in [7, 11) is -4.26. The first-order valence-electron chi connectivity index (χ1n) is 11.3. The Labute approximate surface area is 182 Å². The number of phosphoric ester groups is 1. The summed E-state index contributed by atoms with van der Waals surface area (Å²) in [5.41, 5.74) is 5.21. The lowest BCUT2D eigenvalue weighted by molar-refractivity contribution is -0.111. The minimum atomic E-state index is -4.26. The van der Waals surface area contributed by atoms with E-state index in [9.17, 15) is 19.4 Å². The Balaban J connectivity index is 3.90. The fourth-order valence-corrected chi connectivity index (χ4v) is 3.77. The second-order valence-corrected chi connectivity index (χ2v) is 8.97. The van der Waals surface area contributed by atoms with Gasteiger partial charge in [-0.15, -0.1) is 0 Å². The van der Waals surface area contributed by atoms with E-state index in [1.807, 2.05) is 6.08 Å². The van der Waals surface area contributed by atoms with Crippen molar-refractivity contribution < 1.29 is 28.4 Å². The van der Waals surface area contributed by atoms with E-state index in [0.717, 1.165) is 19.3 Å². The zero-order chi connectivity index (χ0) is 22.5. The van der Waals surface area contributed by atoms with E-state index in [0.29, 0.717) is 6.41 Å². The highest BCUT2D eigenvalue weighted by atomic mass is 31.2. The van der Waals surface area contributed by atoms with Crippen LogP contribution in [0.1, 0.15) is 84.0 Å². The number of aliphatic hydroxyl groups excluding tert-OH is 1. The SMILES string of the molecule is CCCCCCCCCCCCC/C=C/[C@@H](O)C(COP(=O)(O)OCCN)NC=O. The van der Waals surface area contributed by atoms with Crippen LogP contribution >= 0.6 is 7.82 Å². The number of allylic oxidation sites excluding steroid dienone is 1. The van der Waals surface area contributed by atoms with Crippen LogP contribution in [0.25, 0.3) is 0 Å². The second-order valence-electron chi connectivity index (χ2n) is 7.52. The van der Waals surface area contributed by atoms with Gasteiger partial charge in [-0.1, -0.05) is 83.3 Å². The number of rotatable bonds is 22. The van der Waals surface area contributed by atoms with Crippen molar-refractivity contribution in [2.24, 2.45) is 5.73 Å². The third-order valence-electron chi connectivity index (χ3n) is 4.79. The average molecular weight is 451 g/mol. The Morgan fingerprint density at radius 1 is 1.00 bits per heavy atom. The van der Waals surface area contributed by atoms with Gasteiger partial charge in [-0.3, -0.25) is 13.8 Å². The summed E-state index contributed by atoms with van der Waals surface area (Å²) < 4.78 is 21.1. The monoisotopic (exact) mass is 450 g/mol. The van der Waals surface area contributed by atoms with Gasteiger partial charge in [0, 0.05) is 6.54 Å². The molecule has 0 saturated carbocycles. The number of nitrogens with two attached hydrogens (primary N) is 1. The van der Waals surface area contributed by atoms with E-state index in [-0.39, 0.29) is 19.8 Å². The molecule has 0 aliphatic heterocycles. The molecular formula is C21H43N2O6P. The highest BCUT2D eigenvalue weighted by molar-refractivity contribution is 7.47. The van der Waals surface area contributed by atoms with Crippen molar-refractivity contribution in [1.29, 1.82) is 0 Å². The van der Waals surface area contributed by atoms with E-state index in [4.69, 9.17) is 10.3 Å². The quantitative estimate of drug-likeness (QED) is 0.0853. The molecule has 0 rings (SSSR count). The number of carbonyl (C=O) groups excluding carboxylic acids is 1. The van der Waals surface area contributed by atoms with Crippen LogP contribution in [0.4, 0.5) is 0 Å². The standard InChI is InChI=1S/C21H43N2O6P/c1-2-3-4-5-6-7-8-9-10-11-12-13-14-15-21(25)20(23-19-24)18-29-30(26,27)28-17-16-22/h14-15,19-21,25H,2-13,16-18,22H2,1H3,(H,23,24)(H,26,27)/b15-14+/t20?,21-/m1/s1. The summed E-state index contributed by atoms with van der Waals surface area (Å²) in [5.74, 6) is 0. The number of aliphatic hydroxyl groups is 1. The normalized spacial score (nSPS) is 15.7. The molecule has 0 saturated heterocycles. The molecule has 0 spiro atoms. The van der Waals surface area contributed by atoms with Gasteiger partial charge in [-0.2, -0.15) is 0 Å². The molecule has 8 nitrogen and oxygen atoms in total. The Morgan fingerprint density at radius 2 is 1.57 bits per heavy atom. The maximum absolute atomic E-state index is 11.6. The lowest BCUT2D eigenvalue weighted by Gasteiger charge is -2.21. The number of hydrogen-bond donors (Lipinski definition) is 4. The van der Waals surface area contributed by atoms with Crippen LogP contribution in [0.2, 0.25) is 0 Å². The molecule has 0 fully saturated rings. The molecular weight excluding hydrogens is 407 g/mol. The third-order valence-corrected chi connectivity index (χ3v) is 5.78. The van der Waals surface area contributed by atoms with Gasteiger partial charge >= 0.3 is 7.82 Å². The van der Waals surface area contributed by atoms with E-state index >= 15 is 0 Å². The molecule has 0 aromatic heterocycles. The molecule has 5 N–H and O–H groups in total. The van der Waals surface area contributed by atoms with Crippen LogP contribution in [0.5, 0.6) is 0 Å². The number of carbonyl (C=O) groups is 1. The van der Waals surface area contributed by atoms with Crippen LogP contribution in [0, 0.1) is 0 Å². The summed E-state index contributed by atoms with van der Waals surface area (Å²) in [6, 6.07) is -0.849. The van der Waals surface area contributed by atoms with Gasteiger partial charge in [0.1, 0.15) is 0 Å². The Bertz CT molecular complexity index is 478. The summed E-state index contributed by atoms with van der Waals surface area (Å²) >= 11 is 0. The van der Waals surface area contributed by atoms with Crippen molar-refractivity contribution in [1.82, 2.24) is 5.32 Å². The first-order valence-corrected chi connectivity index (χ1v) is 12.8. The molecule has 0 aromatic carbocycles. The summed E-state index contributed by atoms with van der Waals surface area (Å²) in [6.45, 7) is 1.83. The Hall–Kier alpha value is -0.760. The number of amides is 1. The predicted octanol–water partition coefficient (Wildman–Crippen LogP) is 3.81. The van der Waals surface area contributed by atoms with Crippen molar-refractivity contribution in [3.63, 3.8) is 0 Å². The predicted molar refractivity (Wildman–Crippen MR) is 120 cm³/mol. The van der Waals surface area contributed by atoms with Crippen molar-refractivity contribution in [3.05, 3.63) is 12.2 Å². The zero-order valence-electron chi connectivity index (χ0n) is 18.5. The second kappa shape index (κ2) is 20.2. The molecule has 3 atom stereocenters. The molecule has 2 unspecified atom stereocenters. The minimum Gasteiger partial charge on any atom is -0.387 e. The molecule has 30 heavy (non-hydrogen) atoms. The lowest BCUT2D eigenvalue weighted by Crippen LogP contribution is -2.41. The summed E-state index contributed by atoms with van der Waals surface area (Å²) in [6.07, 6.45) is 17.7. The van der Waals surface area contributed by atoms with Crippen LogP contribution in [-0.2, 0) is 18.4 Å². The molecule has 0 radical (unpaired) electrons. The molecule has 0 heterocycles.